The molecule has 2 radical (unpaired) electrons. The molecule has 43 heavy (non-hydrogen) atoms. The summed E-state index contributed by atoms with van der Waals surface area (Å²) in [6.45, 7) is -1.80. The molecule has 2 unspecified atom stereocenters. The summed E-state index contributed by atoms with van der Waals surface area (Å²) in [5.41, 5.74) is 0.341. The number of benzene rings is 2. The summed E-state index contributed by atoms with van der Waals surface area (Å²) in [5, 5.41) is 16.5. The predicted octanol–water partition coefficient (Wildman–Crippen LogP) is 2.51. The number of aromatic nitrogens is 1. The van der Waals surface area contributed by atoms with Crippen LogP contribution in [0.4, 0.5) is 19.8 Å². The SMILES string of the molecule is CN(C(=O)NCc1cccc(F)c1Cl)C(COCC(O)COP(=O)(O)O)COC(=O)Nc1cc2ccccc2cn1.[Na].[Na]. The number of halogens is 2. The van der Waals surface area contributed by atoms with Crippen molar-refractivity contribution in [2.75, 3.05) is 38.8 Å². The summed E-state index contributed by atoms with van der Waals surface area (Å²) in [5.74, 6) is -0.396. The second-order valence-electron chi connectivity index (χ2n) is 8.75. The van der Waals surface area contributed by atoms with Gasteiger partial charge in [0.15, 0.2) is 0 Å². The first-order chi connectivity index (χ1) is 19.4. The number of nitrogens with zero attached hydrogens (tertiary/aromatic N) is 2. The maximum absolute atomic E-state index is 13.7. The normalized spacial score (nSPS) is 12.3. The molecule has 18 heteroatoms. The summed E-state index contributed by atoms with van der Waals surface area (Å²) in [6.07, 6.45) is -0.652. The van der Waals surface area contributed by atoms with Gasteiger partial charge < -0.3 is 34.6 Å². The van der Waals surface area contributed by atoms with Gasteiger partial charge in [0.1, 0.15) is 24.3 Å². The number of fused-ring (bicyclic) bond motifs is 1. The molecule has 2 aromatic carbocycles. The zero-order valence-corrected chi connectivity index (χ0v) is 29.4. The third-order valence-electron chi connectivity index (χ3n) is 5.65. The van der Waals surface area contributed by atoms with Crippen molar-refractivity contribution in [2.24, 2.45) is 0 Å². The number of carbonyl (C=O) groups excluding carboxylic acids is 2. The van der Waals surface area contributed by atoms with Gasteiger partial charge in [0, 0.05) is 84.3 Å². The number of rotatable bonds is 13. The van der Waals surface area contributed by atoms with Crippen LogP contribution >= 0.6 is 19.4 Å². The van der Waals surface area contributed by atoms with E-state index in [9.17, 15) is 23.7 Å². The number of nitrogens with one attached hydrogen (secondary N) is 2. The van der Waals surface area contributed by atoms with Crippen molar-refractivity contribution in [3.05, 3.63) is 71.1 Å². The molecule has 5 N–H and O–H groups in total. The number of ether oxygens (including phenoxy) is 2. The Kier molecular flexibility index (Phi) is 17.7. The van der Waals surface area contributed by atoms with Gasteiger partial charge in [0.25, 0.3) is 0 Å². The van der Waals surface area contributed by atoms with Gasteiger partial charge in [0.2, 0.25) is 0 Å². The van der Waals surface area contributed by atoms with Gasteiger partial charge in [0.05, 0.1) is 30.9 Å². The summed E-state index contributed by atoms with van der Waals surface area (Å²) in [7, 11) is -3.38. The van der Waals surface area contributed by atoms with E-state index in [0.29, 0.717) is 5.56 Å². The van der Waals surface area contributed by atoms with Crippen LogP contribution in [-0.2, 0) is 25.1 Å². The molecule has 1 heterocycles. The number of likely N-dealkylation sites (N-methyl/N-ethyl adjacent to an activating group) is 1. The van der Waals surface area contributed by atoms with E-state index in [-0.39, 0.29) is 89.7 Å². The van der Waals surface area contributed by atoms with E-state index in [1.807, 2.05) is 24.3 Å². The average molecular weight is 661 g/mol. The van der Waals surface area contributed by atoms with E-state index in [2.05, 4.69) is 20.1 Å². The number of urea groups is 1. The smallest absolute Gasteiger partial charge is 0.447 e. The van der Waals surface area contributed by atoms with Gasteiger partial charge in [-0.15, -0.1) is 0 Å². The molecule has 0 aliphatic heterocycles. The minimum absolute atomic E-state index is 0. The van der Waals surface area contributed by atoms with Crippen LogP contribution in [0.25, 0.3) is 10.8 Å². The molecule has 13 nitrogen and oxygen atoms in total. The molecule has 0 fully saturated rings. The van der Waals surface area contributed by atoms with Crippen molar-refractivity contribution >= 4 is 107 Å². The van der Waals surface area contributed by atoms with Crippen molar-refractivity contribution in [2.45, 2.75) is 18.7 Å². The van der Waals surface area contributed by atoms with Crippen LogP contribution in [0.5, 0.6) is 0 Å². The van der Waals surface area contributed by atoms with Crippen molar-refractivity contribution in [1.82, 2.24) is 15.2 Å². The fourth-order valence-electron chi connectivity index (χ4n) is 3.45. The van der Waals surface area contributed by atoms with Gasteiger partial charge in [-0.3, -0.25) is 9.84 Å². The number of phosphoric acid groups is 1. The number of anilines is 1. The zero-order valence-electron chi connectivity index (χ0n) is 23.8. The van der Waals surface area contributed by atoms with Gasteiger partial charge in [-0.1, -0.05) is 48.0 Å². The molecule has 0 spiro atoms. The Labute approximate surface area is 296 Å². The molecule has 3 rings (SSSR count). The van der Waals surface area contributed by atoms with E-state index in [1.165, 1.54) is 24.1 Å². The Hall–Kier alpha value is -1.36. The number of carbonyl (C=O) groups is 2. The Bertz CT molecular complexity index is 1410. The van der Waals surface area contributed by atoms with Gasteiger partial charge in [-0.2, -0.15) is 0 Å². The maximum atomic E-state index is 13.7. The first-order valence-electron chi connectivity index (χ1n) is 12.1. The summed E-state index contributed by atoms with van der Waals surface area (Å²) in [4.78, 5) is 48.1. The summed E-state index contributed by atoms with van der Waals surface area (Å²) >= 11 is 5.94. The van der Waals surface area contributed by atoms with E-state index < -0.39 is 51.1 Å². The topological polar surface area (TPSA) is 180 Å². The van der Waals surface area contributed by atoms with Crippen molar-refractivity contribution < 1.29 is 47.4 Å². The van der Waals surface area contributed by atoms with Crippen LogP contribution in [0, 0.1) is 5.82 Å². The molecule has 3 amide bonds. The number of aliphatic hydroxyl groups excluding tert-OH is 1. The number of hydrogen-bond donors (Lipinski definition) is 5. The van der Waals surface area contributed by atoms with Gasteiger partial charge in [-0.25, -0.2) is 23.5 Å². The molecule has 0 bridgehead atoms. The van der Waals surface area contributed by atoms with E-state index in [0.717, 1.165) is 10.8 Å². The standard InChI is InChI=1S/C25H29ClFN4O9P.2Na/c1-31(24(33)29-11-18-7-4-8-21(27)23(18)26)19(12-38-14-20(32)15-40-41(35,36)37)13-39-25(34)30-22-9-16-5-2-3-6-17(16)10-28-22;;/h2-10,19-20,32H,11-15H2,1H3,(H,29,33)(H,28,30,34)(H2,35,36,37);;. The van der Waals surface area contributed by atoms with Gasteiger partial charge >= 0.3 is 19.9 Å². The molecule has 3 aromatic rings. The van der Waals surface area contributed by atoms with Gasteiger partial charge in [-0.05, 0) is 23.1 Å². The average Bonchev–Trinajstić information content (AvgIpc) is 2.93. The Balaban J connectivity index is 0.00000462. The molecular formula is C25H29ClFN4Na2O9P. The second-order valence-corrected chi connectivity index (χ2v) is 10.4. The number of hydrogen-bond acceptors (Lipinski definition) is 8. The van der Waals surface area contributed by atoms with Crippen LogP contribution in [0.2, 0.25) is 5.02 Å². The van der Waals surface area contributed by atoms with Crippen molar-refractivity contribution in [3.8, 4) is 0 Å². The number of pyridine rings is 1. The molecule has 0 aliphatic rings. The minimum atomic E-state index is -4.78. The fraction of sp³-hybridized carbons (Fsp3) is 0.320. The quantitative estimate of drug-likeness (QED) is 0.135. The van der Waals surface area contributed by atoms with Crippen LogP contribution in [0.15, 0.2) is 54.7 Å². The maximum Gasteiger partial charge on any atom is 0.469 e. The van der Waals surface area contributed by atoms with E-state index in [1.54, 1.807) is 18.3 Å². The number of aliphatic hydroxyl groups is 1. The van der Waals surface area contributed by atoms with Crippen LogP contribution in [0.3, 0.4) is 0 Å². The largest absolute Gasteiger partial charge is 0.469 e. The Morgan fingerprint density at radius 2 is 1.77 bits per heavy atom. The van der Waals surface area contributed by atoms with Crippen LogP contribution in [0.1, 0.15) is 5.56 Å². The molecule has 0 saturated carbocycles. The first-order valence-corrected chi connectivity index (χ1v) is 14.0. The third kappa shape index (κ3) is 13.7. The Morgan fingerprint density at radius 1 is 1.07 bits per heavy atom. The Morgan fingerprint density at radius 3 is 2.47 bits per heavy atom. The molecule has 224 valence electrons. The van der Waals surface area contributed by atoms with Crippen molar-refractivity contribution in [1.29, 1.82) is 0 Å². The minimum Gasteiger partial charge on any atom is -0.447 e. The molecule has 0 saturated heterocycles. The van der Waals surface area contributed by atoms with Crippen LogP contribution in [-0.4, -0.2) is 142 Å². The van der Waals surface area contributed by atoms with E-state index in [4.69, 9.17) is 30.9 Å². The summed E-state index contributed by atoms with van der Waals surface area (Å²) < 4.78 is 39.4. The fourth-order valence-corrected chi connectivity index (χ4v) is 4.01. The predicted molar refractivity (Wildman–Crippen MR) is 158 cm³/mol. The van der Waals surface area contributed by atoms with Crippen LogP contribution < -0.4 is 10.6 Å². The number of amides is 3. The molecule has 0 aliphatic carbocycles. The third-order valence-corrected chi connectivity index (χ3v) is 6.56. The zero-order chi connectivity index (χ0) is 30.0. The molecule has 1 aromatic heterocycles. The monoisotopic (exact) mass is 660 g/mol. The first kappa shape index (κ1) is 39.7. The second kappa shape index (κ2) is 19.2. The molecule has 2 atom stereocenters. The van der Waals surface area contributed by atoms with E-state index >= 15 is 0 Å². The summed E-state index contributed by atoms with van der Waals surface area (Å²) in [6, 6.07) is 11.7. The number of phosphoric ester groups is 1. The van der Waals surface area contributed by atoms with Crippen molar-refractivity contribution in [3.63, 3.8) is 0 Å². The molecular weight excluding hydrogens is 632 g/mol.